The molecule has 1 aliphatic heterocycles. The number of hydrogen-bond donors (Lipinski definition) is 1. The minimum atomic E-state index is -3.84. The number of sulfonamides is 1. The fourth-order valence-electron chi connectivity index (χ4n) is 4.79. The van der Waals surface area contributed by atoms with Gasteiger partial charge in [-0.2, -0.15) is 0 Å². The van der Waals surface area contributed by atoms with Gasteiger partial charge < -0.3 is 9.84 Å². The van der Waals surface area contributed by atoms with Crippen LogP contribution in [0.1, 0.15) is 68.5 Å². The highest BCUT2D eigenvalue weighted by atomic mass is 32.2. The first-order chi connectivity index (χ1) is 17.5. The highest BCUT2D eigenvalue weighted by Gasteiger charge is 2.39. The molecule has 0 spiro atoms. The van der Waals surface area contributed by atoms with Gasteiger partial charge in [-0.3, -0.25) is 9.29 Å². The molecule has 1 aromatic heterocycles. The van der Waals surface area contributed by atoms with Gasteiger partial charge in [0.2, 0.25) is 10.0 Å². The summed E-state index contributed by atoms with van der Waals surface area (Å²) in [6.07, 6.45) is 6.28. The SMILES string of the molecule is C=C(C)/C=C\C(=C/C)c1c(C)c2c(c(C)c1[C@H](OC(C)(C)C)C(=O)O)N(S(C)(=O)=O)Cc1cc(F)cnc1-2. The van der Waals surface area contributed by atoms with Crippen LogP contribution in [-0.4, -0.2) is 36.3 Å². The Kier molecular flexibility index (Phi) is 8.05. The third-order valence-corrected chi connectivity index (χ3v) is 7.37. The molecule has 0 amide bonds. The Balaban J connectivity index is 2.60. The number of benzene rings is 1. The first kappa shape index (κ1) is 29.3. The first-order valence-electron chi connectivity index (χ1n) is 12.2. The summed E-state index contributed by atoms with van der Waals surface area (Å²) < 4.78 is 47.5. The number of ether oxygens (including phenoxy) is 1. The average Bonchev–Trinajstić information content (AvgIpc) is 2.78. The van der Waals surface area contributed by atoms with Crippen LogP contribution in [0, 0.1) is 19.7 Å². The van der Waals surface area contributed by atoms with E-state index in [0.29, 0.717) is 50.3 Å². The van der Waals surface area contributed by atoms with Crippen molar-refractivity contribution < 1.29 is 27.4 Å². The molecule has 0 fully saturated rings. The summed E-state index contributed by atoms with van der Waals surface area (Å²) in [5.41, 5.74) is 4.37. The molecule has 0 aliphatic carbocycles. The molecule has 1 aliphatic rings. The first-order valence-corrected chi connectivity index (χ1v) is 14.0. The van der Waals surface area contributed by atoms with Crippen molar-refractivity contribution in [1.82, 2.24) is 4.98 Å². The minimum Gasteiger partial charge on any atom is -0.479 e. The topological polar surface area (TPSA) is 96.8 Å². The van der Waals surface area contributed by atoms with Crippen molar-refractivity contribution in [1.29, 1.82) is 0 Å². The van der Waals surface area contributed by atoms with Crippen molar-refractivity contribution >= 4 is 27.3 Å². The van der Waals surface area contributed by atoms with Crippen LogP contribution in [0.3, 0.4) is 0 Å². The largest absolute Gasteiger partial charge is 0.479 e. The quantitative estimate of drug-likeness (QED) is 0.415. The Morgan fingerprint density at radius 3 is 2.39 bits per heavy atom. The van der Waals surface area contributed by atoms with Crippen molar-refractivity contribution in [3.05, 3.63) is 76.3 Å². The van der Waals surface area contributed by atoms with Crippen LogP contribution in [0.25, 0.3) is 16.8 Å². The molecule has 7 nitrogen and oxygen atoms in total. The summed E-state index contributed by atoms with van der Waals surface area (Å²) in [6, 6.07) is 1.28. The standard InChI is InChI=1S/C29H35FN2O5S/c1-10-19(12-11-16(2)3)22-17(4)24-25-20(13-21(30)14-31-25)15-32(38(9,35)36)26(24)18(5)23(22)27(28(33)34)37-29(6,7)8/h10-14,27H,2,15H2,1,3-9H3,(H,33,34)/b12-11-,19-10+/t27-/m0/s1. The van der Waals surface area contributed by atoms with E-state index in [-0.39, 0.29) is 6.54 Å². The molecule has 3 rings (SSSR count). The fourth-order valence-corrected chi connectivity index (χ4v) is 5.73. The predicted molar refractivity (Wildman–Crippen MR) is 149 cm³/mol. The molecule has 0 bridgehead atoms. The highest BCUT2D eigenvalue weighted by molar-refractivity contribution is 7.92. The van der Waals surface area contributed by atoms with Crippen molar-refractivity contribution in [3.63, 3.8) is 0 Å². The number of carbonyl (C=O) groups is 1. The second kappa shape index (κ2) is 10.5. The molecule has 0 saturated heterocycles. The van der Waals surface area contributed by atoms with E-state index in [2.05, 4.69) is 11.6 Å². The Morgan fingerprint density at radius 2 is 1.89 bits per heavy atom. The normalized spacial score (nSPS) is 14.9. The number of anilines is 1. The highest BCUT2D eigenvalue weighted by Crippen LogP contribution is 2.50. The van der Waals surface area contributed by atoms with Gasteiger partial charge in [0.1, 0.15) is 5.82 Å². The van der Waals surface area contributed by atoms with Crippen molar-refractivity contribution in [2.24, 2.45) is 0 Å². The number of allylic oxidation sites excluding steroid dienone is 5. The molecular weight excluding hydrogens is 507 g/mol. The second-order valence-corrected chi connectivity index (χ2v) is 12.5. The molecule has 1 aromatic carbocycles. The van der Waals surface area contributed by atoms with E-state index < -0.39 is 33.5 Å². The van der Waals surface area contributed by atoms with Gasteiger partial charge in [-0.1, -0.05) is 30.4 Å². The lowest BCUT2D eigenvalue weighted by Gasteiger charge is -2.37. The number of hydrogen-bond acceptors (Lipinski definition) is 5. The van der Waals surface area contributed by atoms with E-state index in [1.807, 2.05) is 32.1 Å². The number of fused-ring (bicyclic) bond motifs is 3. The van der Waals surface area contributed by atoms with Crippen LogP contribution in [0.5, 0.6) is 0 Å². The summed E-state index contributed by atoms with van der Waals surface area (Å²) in [5, 5.41) is 10.4. The fraction of sp³-hybridized carbons (Fsp3) is 0.379. The van der Waals surface area contributed by atoms with Gasteiger partial charge in [0.25, 0.3) is 0 Å². The predicted octanol–water partition coefficient (Wildman–Crippen LogP) is 6.26. The van der Waals surface area contributed by atoms with E-state index in [9.17, 15) is 22.7 Å². The van der Waals surface area contributed by atoms with Gasteiger partial charge in [-0.25, -0.2) is 17.6 Å². The van der Waals surface area contributed by atoms with E-state index in [1.54, 1.807) is 34.6 Å². The maximum atomic E-state index is 14.2. The van der Waals surface area contributed by atoms with Crippen LogP contribution >= 0.6 is 0 Å². The van der Waals surface area contributed by atoms with E-state index in [4.69, 9.17) is 4.74 Å². The number of pyridine rings is 1. The molecule has 9 heteroatoms. The average molecular weight is 543 g/mol. The molecule has 0 saturated carbocycles. The zero-order valence-corrected chi connectivity index (χ0v) is 24.0. The van der Waals surface area contributed by atoms with Crippen molar-refractivity contribution in [2.75, 3.05) is 10.6 Å². The Morgan fingerprint density at radius 1 is 1.26 bits per heavy atom. The van der Waals surface area contributed by atoms with Gasteiger partial charge in [0.15, 0.2) is 6.10 Å². The van der Waals surface area contributed by atoms with Gasteiger partial charge in [0.05, 0.1) is 36.0 Å². The van der Waals surface area contributed by atoms with E-state index in [1.165, 1.54) is 10.4 Å². The van der Waals surface area contributed by atoms with Gasteiger partial charge in [-0.15, -0.1) is 0 Å². The minimum absolute atomic E-state index is 0.130. The molecule has 1 N–H and O–H groups in total. The molecule has 1 atom stereocenters. The zero-order chi connectivity index (χ0) is 28.7. The summed E-state index contributed by atoms with van der Waals surface area (Å²) in [5.74, 6) is -1.78. The lowest BCUT2D eigenvalue weighted by atomic mass is 9.81. The number of aromatic nitrogens is 1. The lowest BCUT2D eigenvalue weighted by molar-refractivity contribution is -0.160. The molecule has 2 aromatic rings. The number of rotatable bonds is 7. The summed E-state index contributed by atoms with van der Waals surface area (Å²) in [7, 11) is -3.84. The van der Waals surface area contributed by atoms with Crippen LogP contribution in [-0.2, 0) is 26.1 Å². The second-order valence-electron chi connectivity index (χ2n) is 10.6. The number of nitrogens with zero attached hydrogens (tertiary/aromatic N) is 2. The Bertz CT molecular complexity index is 1480. The molecule has 0 radical (unpaired) electrons. The van der Waals surface area contributed by atoms with E-state index in [0.717, 1.165) is 18.0 Å². The third kappa shape index (κ3) is 5.73. The maximum Gasteiger partial charge on any atom is 0.337 e. The summed E-state index contributed by atoms with van der Waals surface area (Å²) in [4.78, 5) is 17.0. The molecule has 204 valence electrons. The lowest BCUT2D eigenvalue weighted by Crippen LogP contribution is -2.35. The smallest absolute Gasteiger partial charge is 0.337 e. The van der Waals surface area contributed by atoms with Gasteiger partial charge in [-0.05, 0) is 76.8 Å². The van der Waals surface area contributed by atoms with Crippen molar-refractivity contribution in [3.8, 4) is 11.3 Å². The number of carboxylic acids is 1. The Labute approximate surface area is 224 Å². The van der Waals surface area contributed by atoms with Crippen LogP contribution in [0.2, 0.25) is 0 Å². The van der Waals surface area contributed by atoms with Crippen molar-refractivity contribution in [2.45, 2.75) is 66.7 Å². The molecule has 38 heavy (non-hydrogen) atoms. The number of carboxylic acid groups (broad SMARTS) is 1. The Hall–Kier alpha value is -3.30. The summed E-state index contributed by atoms with van der Waals surface area (Å²) in [6.45, 7) is 16.3. The monoisotopic (exact) mass is 542 g/mol. The maximum absolute atomic E-state index is 14.2. The number of halogens is 1. The van der Waals surface area contributed by atoms with Gasteiger partial charge >= 0.3 is 5.97 Å². The zero-order valence-electron chi connectivity index (χ0n) is 23.1. The number of aliphatic carboxylic acids is 1. The molecule has 2 heterocycles. The van der Waals surface area contributed by atoms with Crippen LogP contribution < -0.4 is 4.31 Å². The molecule has 0 unspecified atom stereocenters. The molecular formula is C29H35FN2O5S. The van der Waals surface area contributed by atoms with E-state index >= 15 is 0 Å². The van der Waals surface area contributed by atoms with Gasteiger partial charge in [0, 0.05) is 16.7 Å². The van der Waals surface area contributed by atoms with Crippen LogP contribution in [0.15, 0.2) is 42.6 Å². The third-order valence-electron chi connectivity index (χ3n) is 6.25. The van der Waals surface area contributed by atoms with Crippen LogP contribution in [0.4, 0.5) is 10.1 Å². The summed E-state index contributed by atoms with van der Waals surface area (Å²) >= 11 is 0.